The van der Waals surface area contributed by atoms with E-state index >= 15 is 0 Å². The highest BCUT2D eigenvalue weighted by Gasteiger charge is 2.23. The normalized spacial score (nSPS) is 16.0. The van der Waals surface area contributed by atoms with Crippen LogP contribution in [0.1, 0.15) is 22.9 Å². The van der Waals surface area contributed by atoms with Crippen molar-refractivity contribution in [3.8, 4) is 0 Å². The summed E-state index contributed by atoms with van der Waals surface area (Å²) >= 11 is 1.59. The fraction of sp³-hybridized carbons (Fsp3) is 0.429. The van der Waals surface area contributed by atoms with Gasteiger partial charge < -0.3 is 10.1 Å². The van der Waals surface area contributed by atoms with Crippen molar-refractivity contribution in [1.29, 1.82) is 0 Å². The molecule has 5 nitrogen and oxygen atoms in total. The van der Waals surface area contributed by atoms with Crippen LogP contribution in [0.3, 0.4) is 0 Å². The van der Waals surface area contributed by atoms with Crippen LogP contribution in [-0.2, 0) is 15.3 Å². The van der Waals surface area contributed by atoms with Crippen molar-refractivity contribution in [1.82, 2.24) is 15.2 Å². The first-order valence-corrected chi connectivity index (χ1v) is 10.5. The van der Waals surface area contributed by atoms with Gasteiger partial charge in [-0.15, -0.1) is 11.8 Å². The van der Waals surface area contributed by atoms with Gasteiger partial charge in [0.15, 0.2) is 0 Å². The van der Waals surface area contributed by atoms with E-state index in [1.165, 1.54) is 11.1 Å². The molecule has 3 rings (SSSR count). The lowest BCUT2D eigenvalue weighted by Crippen LogP contribution is -2.44. The van der Waals surface area contributed by atoms with Crippen molar-refractivity contribution in [3.63, 3.8) is 0 Å². The van der Waals surface area contributed by atoms with Gasteiger partial charge in [-0.05, 0) is 24.6 Å². The number of rotatable bonds is 8. The third kappa shape index (κ3) is 6.34. The average Bonchev–Trinajstić information content (AvgIpc) is 2.70. The molecule has 6 heteroatoms. The third-order valence-corrected chi connectivity index (χ3v) is 5.58. The average molecular weight is 386 g/mol. The van der Waals surface area contributed by atoms with Crippen molar-refractivity contribution in [3.05, 3.63) is 65.5 Å². The van der Waals surface area contributed by atoms with E-state index < -0.39 is 0 Å². The number of carbonyl (C=O) groups is 1. The maximum Gasteiger partial charge on any atom is 0.230 e. The highest BCUT2D eigenvalue weighted by Crippen LogP contribution is 2.22. The van der Waals surface area contributed by atoms with Crippen LogP contribution in [0.25, 0.3) is 0 Å². The van der Waals surface area contributed by atoms with Gasteiger partial charge in [0.05, 0.1) is 30.7 Å². The minimum Gasteiger partial charge on any atom is -0.379 e. The summed E-state index contributed by atoms with van der Waals surface area (Å²) in [4.78, 5) is 19.0. The van der Waals surface area contributed by atoms with E-state index in [4.69, 9.17) is 4.74 Å². The molecular weight excluding hydrogens is 358 g/mol. The molecular formula is C21H27N3O2S. The number of nitrogens with zero attached hydrogens (tertiary/aromatic N) is 2. The SMILES string of the molecule is Cc1cccc(C(CNC(=O)CSCc2ccccn2)N2CCOCC2)c1. The summed E-state index contributed by atoms with van der Waals surface area (Å²) < 4.78 is 5.49. The van der Waals surface area contributed by atoms with E-state index in [1.807, 2.05) is 18.2 Å². The second-order valence-electron chi connectivity index (χ2n) is 6.70. The number of hydrogen-bond acceptors (Lipinski definition) is 5. The van der Waals surface area contributed by atoms with E-state index in [0.717, 1.165) is 37.8 Å². The standard InChI is InChI=1S/C21H27N3O2S/c1-17-5-4-6-18(13-17)20(24-9-11-26-12-10-24)14-23-21(25)16-27-15-19-7-2-3-8-22-19/h2-8,13,20H,9-12,14-16H2,1H3,(H,23,25). The Hall–Kier alpha value is -1.89. The smallest absolute Gasteiger partial charge is 0.230 e. The van der Waals surface area contributed by atoms with Crippen LogP contribution in [-0.4, -0.2) is 54.4 Å². The Morgan fingerprint density at radius 2 is 2.11 bits per heavy atom. The molecule has 1 aliphatic rings. The number of aromatic nitrogens is 1. The fourth-order valence-electron chi connectivity index (χ4n) is 3.22. The van der Waals surface area contributed by atoms with E-state index in [9.17, 15) is 4.79 Å². The molecule has 0 bridgehead atoms. The molecule has 0 spiro atoms. The van der Waals surface area contributed by atoms with Crippen LogP contribution in [0.15, 0.2) is 48.7 Å². The number of morpholine rings is 1. The topological polar surface area (TPSA) is 54.5 Å². The minimum atomic E-state index is 0.0712. The van der Waals surface area contributed by atoms with Gasteiger partial charge in [-0.3, -0.25) is 14.7 Å². The van der Waals surface area contributed by atoms with Crippen LogP contribution >= 0.6 is 11.8 Å². The zero-order valence-electron chi connectivity index (χ0n) is 15.8. The van der Waals surface area contributed by atoms with Crippen molar-refractivity contribution >= 4 is 17.7 Å². The zero-order valence-corrected chi connectivity index (χ0v) is 16.6. The second kappa shape index (κ2) is 10.4. The molecule has 1 saturated heterocycles. The van der Waals surface area contributed by atoms with E-state index in [2.05, 4.69) is 46.4 Å². The lowest BCUT2D eigenvalue weighted by molar-refractivity contribution is -0.118. The van der Waals surface area contributed by atoms with Gasteiger partial charge in [-0.1, -0.05) is 35.9 Å². The number of thioether (sulfide) groups is 1. The molecule has 2 aromatic rings. The Balaban J connectivity index is 1.53. The number of aryl methyl sites for hydroxylation is 1. The van der Waals surface area contributed by atoms with Crippen LogP contribution in [0.4, 0.5) is 0 Å². The second-order valence-corrected chi connectivity index (χ2v) is 7.68. The first-order chi connectivity index (χ1) is 13.2. The summed E-state index contributed by atoms with van der Waals surface area (Å²) in [6.07, 6.45) is 1.78. The van der Waals surface area contributed by atoms with Gasteiger partial charge in [0.2, 0.25) is 5.91 Å². The fourth-order valence-corrected chi connectivity index (χ4v) is 3.99. The molecule has 1 aromatic heterocycles. The first kappa shape index (κ1) is 19.9. The summed E-state index contributed by atoms with van der Waals surface area (Å²) in [5, 5.41) is 3.12. The predicted octanol–water partition coefficient (Wildman–Crippen LogP) is 2.81. The number of benzene rings is 1. The molecule has 0 radical (unpaired) electrons. The van der Waals surface area contributed by atoms with Crippen molar-refractivity contribution in [2.75, 3.05) is 38.6 Å². The molecule has 1 N–H and O–H groups in total. The van der Waals surface area contributed by atoms with Crippen LogP contribution in [0, 0.1) is 6.92 Å². The maximum atomic E-state index is 12.3. The molecule has 1 fully saturated rings. The number of hydrogen-bond donors (Lipinski definition) is 1. The van der Waals surface area contributed by atoms with Gasteiger partial charge in [0.1, 0.15) is 0 Å². The van der Waals surface area contributed by atoms with Gasteiger partial charge >= 0.3 is 0 Å². The van der Waals surface area contributed by atoms with Gasteiger partial charge in [-0.25, -0.2) is 0 Å². The summed E-state index contributed by atoms with van der Waals surface area (Å²) in [5.41, 5.74) is 3.49. The lowest BCUT2D eigenvalue weighted by Gasteiger charge is -2.35. The minimum absolute atomic E-state index is 0.0712. The van der Waals surface area contributed by atoms with Crippen LogP contribution in [0.2, 0.25) is 0 Å². The zero-order chi connectivity index (χ0) is 18.9. The molecule has 0 aliphatic carbocycles. The first-order valence-electron chi connectivity index (χ1n) is 9.35. The van der Waals surface area contributed by atoms with Crippen molar-refractivity contribution in [2.45, 2.75) is 18.7 Å². The molecule has 27 heavy (non-hydrogen) atoms. The number of amides is 1. The number of nitrogens with one attached hydrogen (secondary N) is 1. The summed E-state index contributed by atoms with van der Waals surface area (Å²) in [7, 11) is 0. The van der Waals surface area contributed by atoms with Gasteiger partial charge in [0, 0.05) is 31.6 Å². The predicted molar refractivity (Wildman–Crippen MR) is 110 cm³/mol. The maximum absolute atomic E-state index is 12.3. The Morgan fingerprint density at radius 3 is 2.85 bits per heavy atom. The third-order valence-electron chi connectivity index (χ3n) is 4.62. The summed E-state index contributed by atoms with van der Waals surface area (Å²) in [6.45, 7) is 6.00. The number of ether oxygens (including phenoxy) is 1. The Bertz CT molecular complexity index is 720. The summed E-state index contributed by atoms with van der Waals surface area (Å²) in [5.74, 6) is 1.26. The molecule has 1 amide bonds. The van der Waals surface area contributed by atoms with Gasteiger partial charge in [0.25, 0.3) is 0 Å². The van der Waals surface area contributed by atoms with E-state index in [-0.39, 0.29) is 11.9 Å². The Labute approximate surface area is 165 Å². The number of carbonyl (C=O) groups excluding carboxylic acids is 1. The lowest BCUT2D eigenvalue weighted by atomic mass is 10.0. The van der Waals surface area contributed by atoms with E-state index in [1.54, 1.807) is 18.0 Å². The Morgan fingerprint density at radius 1 is 1.26 bits per heavy atom. The molecule has 2 heterocycles. The highest BCUT2D eigenvalue weighted by atomic mass is 32.2. The van der Waals surface area contributed by atoms with Crippen molar-refractivity contribution < 1.29 is 9.53 Å². The van der Waals surface area contributed by atoms with Crippen LogP contribution < -0.4 is 5.32 Å². The highest BCUT2D eigenvalue weighted by molar-refractivity contribution is 7.99. The monoisotopic (exact) mass is 385 g/mol. The number of pyridine rings is 1. The molecule has 1 atom stereocenters. The molecule has 0 saturated carbocycles. The Kier molecular flexibility index (Phi) is 7.68. The quantitative estimate of drug-likeness (QED) is 0.757. The molecule has 1 unspecified atom stereocenters. The molecule has 1 aliphatic heterocycles. The summed E-state index contributed by atoms with van der Waals surface area (Å²) in [6, 6.07) is 14.6. The van der Waals surface area contributed by atoms with E-state index in [0.29, 0.717) is 12.3 Å². The van der Waals surface area contributed by atoms with Crippen LogP contribution in [0.5, 0.6) is 0 Å². The van der Waals surface area contributed by atoms with Gasteiger partial charge in [-0.2, -0.15) is 0 Å². The molecule has 1 aromatic carbocycles. The largest absolute Gasteiger partial charge is 0.379 e. The molecule has 144 valence electrons. The van der Waals surface area contributed by atoms with Crippen molar-refractivity contribution in [2.24, 2.45) is 0 Å².